The van der Waals surface area contributed by atoms with Crippen LogP contribution in [0.2, 0.25) is 5.15 Å². The van der Waals surface area contributed by atoms with E-state index in [0.29, 0.717) is 11.7 Å². The summed E-state index contributed by atoms with van der Waals surface area (Å²) in [5.41, 5.74) is 1.12. The Morgan fingerprint density at radius 1 is 1.39 bits per heavy atom. The van der Waals surface area contributed by atoms with Crippen LogP contribution in [0.5, 0.6) is 0 Å². The van der Waals surface area contributed by atoms with Crippen LogP contribution in [0.1, 0.15) is 33.3 Å². The first-order valence-electron chi connectivity index (χ1n) is 6.15. The number of rotatable bonds is 3. The molecule has 0 aromatic carbocycles. The number of nitrogens with one attached hydrogen (secondary N) is 1. The number of nitrogens with zero attached hydrogens (tertiary/aromatic N) is 1. The third-order valence-corrected chi connectivity index (χ3v) is 4.75. The Morgan fingerprint density at radius 3 is 2.50 bits per heavy atom. The third-order valence-electron chi connectivity index (χ3n) is 4.54. The Hall–Kier alpha value is -1.09. The first-order chi connectivity index (χ1) is 8.26. The van der Waals surface area contributed by atoms with Crippen LogP contribution in [0.25, 0.3) is 0 Å². The summed E-state index contributed by atoms with van der Waals surface area (Å²) < 4.78 is 0. The van der Waals surface area contributed by atoms with Crippen LogP contribution in [-0.4, -0.2) is 10.9 Å². The topological polar surface area (TPSA) is 42.0 Å². The van der Waals surface area contributed by atoms with Gasteiger partial charge in [0.2, 0.25) is 5.91 Å². The van der Waals surface area contributed by atoms with Gasteiger partial charge in [-0.25, -0.2) is 4.98 Å². The smallest absolute Gasteiger partial charge is 0.224 e. The Bertz CT molecular complexity index is 468. The summed E-state index contributed by atoms with van der Waals surface area (Å²) in [6.07, 6.45) is 1.65. The fourth-order valence-corrected chi connectivity index (χ4v) is 2.89. The van der Waals surface area contributed by atoms with Gasteiger partial charge in [0.05, 0.1) is 0 Å². The molecule has 1 aliphatic rings. The van der Waals surface area contributed by atoms with Crippen molar-refractivity contribution >= 4 is 17.5 Å². The van der Waals surface area contributed by atoms with Crippen LogP contribution in [0.3, 0.4) is 0 Å². The molecule has 1 fully saturated rings. The molecular weight excluding hydrogens is 248 g/mol. The van der Waals surface area contributed by atoms with Crippen LogP contribution in [0.4, 0.5) is 0 Å². The van der Waals surface area contributed by atoms with Gasteiger partial charge in [-0.1, -0.05) is 39.3 Å². The van der Waals surface area contributed by atoms with Crippen molar-refractivity contribution in [2.24, 2.45) is 16.7 Å². The fourth-order valence-electron chi connectivity index (χ4n) is 2.70. The average molecular weight is 267 g/mol. The van der Waals surface area contributed by atoms with E-state index in [0.717, 1.165) is 5.56 Å². The summed E-state index contributed by atoms with van der Waals surface area (Å²) in [5.74, 6) is 0.209. The van der Waals surface area contributed by atoms with Gasteiger partial charge in [0, 0.05) is 18.7 Å². The molecule has 0 aliphatic heterocycles. The Labute approximate surface area is 113 Å². The van der Waals surface area contributed by atoms with Gasteiger partial charge in [-0.3, -0.25) is 4.79 Å². The predicted molar refractivity (Wildman–Crippen MR) is 72.1 cm³/mol. The van der Waals surface area contributed by atoms with E-state index in [1.165, 1.54) is 0 Å². The molecule has 98 valence electrons. The Balaban J connectivity index is 1.95. The lowest BCUT2D eigenvalue weighted by Crippen LogP contribution is -2.26. The van der Waals surface area contributed by atoms with Crippen LogP contribution in [0, 0.1) is 16.7 Å². The number of carbonyl (C=O) groups is 1. The highest BCUT2D eigenvalue weighted by molar-refractivity contribution is 6.29. The molecule has 1 saturated carbocycles. The second-order valence-electron chi connectivity index (χ2n) is 6.08. The third kappa shape index (κ3) is 2.12. The van der Waals surface area contributed by atoms with Gasteiger partial charge in [0.25, 0.3) is 0 Å². The molecule has 1 N–H and O–H groups in total. The first kappa shape index (κ1) is 13.3. The zero-order valence-electron chi connectivity index (χ0n) is 11.2. The van der Waals surface area contributed by atoms with Gasteiger partial charge < -0.3 is 5.32 Å². The number of carbonyl (C=O) groups excluding carboxylic acids is 1. The number of hydrogen-bond donors (Lipinski definition) is 1. The molecule has 1 aromatic heterocycles. The molecule has 3 nitrogen and oxygen atoms in total. The summed E-state index contributed by atoms with van der Waals surface area (Å²) in [5, 5.41) is 3.43. The normalized spacial score (nSPS) is 20.5. The molecule has 1 amide bonds. The lowest BCUT2D eigenvalue weighted by atomic mass is 10.0. The highest BCUT2D eigenvalue weighted by atomic mass is 35.5. The maximum absolute atomic E-state index is 12.1. The molecular formula is C14H19ClN2O. The minimum atomic E-state index is 0.0764. The fraction of sp³-hybridized carbons (Fsp3) is 0.571. The van der Waals surface area contributed by atoms with Gasteiger partial charge in [0.1, 0.15) is 5.15 Å². The van der Waals surface area contributed by atoms with E-state index < -0.39 is 0 Å². The second-order valence-corrected chi connectivity index (χ2v) is 6.47. The van der Waals surface area contributed by atoms with Crippen molar-refractivity contribution in [2.75, 3.05) is 0 Å². The quantitative estimate of drug-likeness (QED) is 0.855. The molecule has 18 heavy (non-hydrogen) atoms. The van der Waals surface area contributed by atoms with Crippen LogP contribution in [-0.2, 0) is 11.3 Å². The minimum Gasteiger partial charge on any atom is -0.352 e. The summed E-state index contributed by atoms with van der Waals surface area (Å²) in [6, 6.07) is 3.63. The van der Waals surface area contributed by atoms with E-state index in [2.05, 4.69) is 38.0 Å². The maximum atomic E-state index is 12.1. The summed E-state index contributed by atoms with van der Waals surface area (Å²) >= 11 is 5.80. The zero-order valence-corrected chi connectivity index (χ0v) is 12.0. The van der Waals surface area contributed by atoms with Gasteiger partial charge >= 0.3 is 0 Å². The maximum Gasteiger partial charge on any atom is 0.224 e. The number of amides is 1. The molecule has 0 unspecified atom stereocenters. The van der Waals surface area contributed by atoms with E-state index in [1.54, 1.807) is 12.3 Å². The van der Waals surface area contributed by atoms with Gasteiger partial charge in [-0.2, -0.15) is 0 Å². The van der Waals surface area contributed by atoms with Gasteiger partial charge in [-0.15, -0.1) is 0 Å². The summed E-state index contributed by atoms with van der Waals surface area (Å²) in [4.78, 5) is 16.0. The second kappa shape index (κ2) is 4.23. The van der Waals surface area contributed by atoms with E-state index >= 15 is 0 Å². The lowest BCUT2D eigenvalue weighted by Gasteiger charge is -2.06. The molecule has 1 aromatic rings. The van der Waals surface area contributed by atoms with Crippen molar-refractivity contribution in [3.63, 3.8) is 0 Å². The molecule has 0 saturated heterocycles. The van der Waals surface area contributed by atoms with Crippen molar-refractivity contribution in [2.45, 2.75) is 34.2 Å². The van der Waals surface area contributed by atoms with Crippen molar-refractivity contribution in [3.8, 4) is 0 Å². The van der Waals surface area contributed by atoms with Crippen LogP contribution in [0.15, 0.2) is 18.3 Å². The Kier molecular flexibility index (Phi) is 3.14. The SMILES string of the molecule is CC1(C)C(C(=O)NCc2ccnc(Cl)c2)C1(C)C. The monoisotopic (exact) mass is 266 g/mol. The summed E-state index contributed by atoms with van der Waals surface area (Å²) in [6.45, 7) is 9.06. The average Bonchev–Trinajstić information content (AvgIpc) is 2.66. The molecule has 0 bridgehead atoms. The standard InChI is InChI=1S/C14H19ClN2O/c1-13(2)11(14(13,3)4)12(18)17-8-9-5-6-16-10(15)7-9/h5-7,11H,8H2,1-4H3,(H,17,18). The minimum absolute atomic E-state index is 0.0764. The first-order valence-corrected chi connectivity index (χ1v) is 6.53. The largest absolute Gasteiger partial charge is 0.352 e. The van der Waals surface area contributed by atoms with Crippen LogP contribution >= 0.6 is 11.6 Å². The number of aromatic nitrogens is 1. The Morgan fingerprint density at radius 2 is 2.00 bits per heavy atom. The highest BCUT2D eigenvalue weighted by Crippen LogP contribution is 2.68. The molecule has 0 radical (unpaired) electrons. The van der Waals surface area contributed by atoms with E-state index in [1.807, 2.05) is 6.07 Å². The number of hydrogen-bond acceptors (Lipinski definition) is 2. The molecule has 4 heteroatoms. The molecule has 1 aliphatic carbocycles. The zero-order chi connectivity index (χ0) is 13.6. The van der Waals surface area contributed by atoms with Crippen molar-refractivity contribution in [1.29, 1.82) is 0 Å². The van der Waals surface area contributed by atoms with Crippen molar-refractivity contribution in [1.82, 2.24) is 10.3 Å². The number of pyridine rings is 1. The number of halogens is 1. The molecule has 2 rings (SSSR count). The summed E-state index contributed by atoms with van der Waals surface area (Å²) in [7, 11) is 0. The molecule has 0 atom stereocenters. The lowest BCUT2D eigenvalue weighted by molar-refractivity contribution is -0.123. The highest BCUT2D eigenvalue weighted by Gasteiger charge is 2.68. The molecule has 0 spiro atoms. The van der Waals surface area contributed by atoms with Crippen molar-refractivity contribution in [3.05, 3.63) is 29.0 Å². The molecule has 1 heterocycles. The van der Waals surface area contributed by atoms with E-state index in [9.17, 15) is 4.79 Å². The van der Waals surface area contributed by atoms with Crippen molar-refractivity contribution < 1.29 is 4.79 Å². The van der Waals surface area contributed by atoms with E-state index in [-0.39, 0.29) is 22.7 Å². The van der Waals surface area contributed by atoms with Gasteiger partial charge in [0.15, 0.2) is 0 Å². The predicted octanol–water partition coefficient (Wildman–Crippen LogP) is 3.03. The van der Waals surface area contributed by atoms with Gasteiger partial charge in [-0.05, 0) is 28.5 Å². The van der Waals surface area contributed by atoms with E-state index in [4.69, 9.17) is 11.6 Å². The van der Waals surface area contributed by atoms with Crippen LogP contribution < -0.4 is 5.32 Å².